The molecule has 8 heteroatoms. The van der Waals surface area contributed by atoms with Crippen LogP contribution in [0.2, 0.25) is 5.02 Å². The zero-order valence-electron chi connectivity index (χ0n) is 14.6. The lowest BCUT2D eigenvalue weighted by atomic mass is 10.1. The molecule has 0 amide bonds. The zero-order chi connectivity index (χ0) is 20.3. The fraction of sp³-hybridized carbons (Fsp3) is 0.100. The highest BCUT2D eigenvalue weighted by molar-refractivity contribution is 6.30. The second kappa shape index (κ2) is 8.06. The van der Waals surface area contributed by atoms with Crippen molar-refractivity contribution < 1.29 is 23.7 Å². The van der Waals surface area contributed by atoms with Gasteiger partial charge in [0.25, 0.3) is 5.69 Å². The van der Waals surface area contributed by atoms with Gasteiger partial charge in [0.2, 0.25) is 11.5 Å². The standard InChI is InChI=1S/C20H14ClNO6/c1-12(19(23)14-2-6-15(21)7-3-14)27-20(24)18-11-10-17(28-18)13-4-8-16(9-5-13)22(25)26/h2-12H,1H3/t12-/m0/s1. The number of Topliss-reactive ketones (excluding diaryl/α,β-unsaturated/α-hetero) is 1. The lowest BCUT2D eigenvalue weighted by molar-refractivity contribution is -0.384. The molecule has 2 aromatic carbocycles. The van der Waals surface area contributed by atoms with Gasteiger partial charge in [-0.15, -0.1) is 0 Å². The smallest absolute Gasteiger partial charge is 0.374 e. The summed E-state index contributed by atoms with van der Waals surface area (Å²) in [4.78, 5) is 34.8. The maximum Gasteiger partial charge on any atom is 0.374 e. The van der Waals surface area contributed by atoms with E-state index in [-0.39, 0.29) is 17.2 Å². The van der Waals surface area contributed by atoms with Crippen LogP contribution in [0.25, 0.3) is 11.3 Å². The van der Waals surface area contributed by atoms with Crippen LogP contribution in [-0.4, -0.2) is 22.8 Å². The van der Waals surface area contributed by atoms with Crippen LogP contribution in [0.15, 0.2) is 65.1 Å². The average molecular weight is 400 g/mol. The molecule has 1 heterocycles. The van der Waals surface area contributed by atoms with E-state index in [1.54, 1.807) is 30.3 Å². The summed E-state index contributed by atoms with van der Waals surface area (Å²) < 4.78 is 10.6. The highest BCUT2D eigenvalue weighted by Crippen LogP contribution is 2.25. The Morgan fingerprint density at radius 2 is 1.68 bits per heavy atom. The van der Waals surface area contributed by atoms with Gasteiger partial charge < -0.3 is 9.15 Å². The molecule has 28 heavy (non-hydrogen) atoms. The SMILES string of the molecule is C[C@H](OC(=O)c1ccc(-c2ccc([N+](=O)[O-])cc2)o1)C(=O)c1ccc(Cl)cc1. The van der Waals surface area contributed by atoms with Crippen molar-refractivity contribution in [2.45, 2.75) is 13.0 Å². The number of rotatable bonds is 6. The van der Waals surface area contributed by atoms with Crippen LogP contribution in [0.4, 0.5) is 5.69 Å². The highest BCUT2D eigenvalue weighted by Gasteiger charge is 2.22. The van der Waals surface area contributed by atoms with E-state index in [4.69, 9.17) is 20.8 Å². The Kier molecular flexibility index (Phi) is 5.56. The van der Waals surface area contributed by atoms with Crippen LogP contribution < -0.4 is 0 Å². The van der Waals surface area contributed by atoms with Gasteiger partial charge in [-0.05, 0) is 55.5 Å². The van der Waals surface area contributed by atoms with Crippen molar-refractivity contribution in [3.8, 4) is 11.3 Å². The second-order valence-corrected chi connectivity index (χ2v) is 6.32. The molecule has 0 radical (unpaired) electrons. The number of carbonyl (C=O) groups is 2. The number of nitro groups is 1. The number of nitro benzene ring substituents is 1. The summed E-state index contributed by atoms with van der Waals surface area (Å²) in [6.45, 7) is 1.47. The van der Waals surface area contributed by atoms with Crippen LogP contribution >= 0.6 is 11.6 Å². The number of hydrogen-bond donors (Lipinski definition) is 0. The molecule has 1 aromatic heterocycles. The maximum atomic E-state index is 12.3. The number of carbonyl (C=O) groups excluding carboxylic acids is 2. The largest absolute Gasteiger partial charge is 0.449 e. The van der Waals surface area contributed by atoms with E-state index in [0.717, 1.165) is 0 Å². The predicted octanol–water partition coefficient (Wildman–Crippen LogP) is 4.94. The quantitative estimate of drug-likeness (QED) is 0.252. The predicted molar refractivity (Wildman–Crippen MR) is 101 cm³/mol. The van der Waals surface area contributed by atoms with E-state index < -0.39 is 17.0 Å². The molecule has 0 N–H and O–H groups in total. The Morgan fingerprint density at radius 1 is 1.04 bits per heavy atom. The minimum atomic E-state index is -1.01. The molecule has 0 aliphatic carbocycles. The Morgan fingerprint density at radius 3 is 2.29 bits per heavy atom. The molecule has 0 saturated heterocycles. The van der Waals surface area contributed by atoms with Gasteiger partial charge in [-0.3, -0.25) is 14.9 Å². The molecule has 0 aliphatic heterocycles. The van der Waals surface area contributed by atoms with E-state index in [1.165, 1.54) is 37.3 Å². The fourth-order valence-electron chi connectivity index (χ4n) is 2.47. The number of hydrogen-bond acceptors (Lipinski definition) is 6. The van der Waals surface area contributed by atoms with Gasteiger partial charge in [0.15, 0.2) is 6.10 Å². The van der Waals surface area contributed by atoms with Crippen LogP contribution in [-0.2, 0) is 4.74 Å². The topological polar surface area (TPSA) is 99.7 Å². The third-order valence-electron chi connectivity index (χ3n) is 3.95. The molecule has 3 aromatic rings. The molecule has 7 nitrogen and oxygen atoms in total. The van der Waals surface area contributed by atoms with Gasteiger partial charge in [-0.2, -0.15) is 0 Å². The van der Waals surface area contributed by atoms with E-state index >= 15 is 0 Å². The normalized spacial score (nSPS) is 11.6. The minimum Gasteiger partial charge on any atom is -0.449 e. The maximum absolute atomic E-state index is 12.3. The van der Waals surface area contributed by atoms with Gasteiger partial charge in [0.1, 0.15) is 5.76 Å². The van der Waals surface area contributed by atoms with Crippen molar-refractivity contribution in [2.75, 3.05) is 0 Å². The first-order chi connectivity index (χ1) is 13.3. The number of non-ortho nitro benzene ring substituents is 1. The highest BCUT2D eigenvalue weighted by atomic mass is 35.5. The lowest BCUT2D eigenvalue weighted by Crippen LogP contribution is -2.24. The third-order valence-corrected chi connectivity index (χ3v) is 4.20. The number of ether oxygens (including phenoxy) is 1. The second-order valence-electron chi connectivity index (χ2n) is 5.89. The number of benzene rings is 2. The molecule has 0 bridgehead atoms. The zero-order valence-corrected chi connectivity index (χ0v) is 15.4. The van der Waals surface area contributed by atoms with Gasteiger partial charge in [0.05, 0.1) is 4.92 Å². The molecule has 0 spiro atoms. The van der Waals surface area contributed by atoms with Crippen LogP contribution in [0, 0.1) is 10.1 Å². The lowest BCUT2D eigenvalue weighted by Gasteiger charge is -2.11. The van der Waals surface area contributed by atoms with Crippen LogP contribution in [0.1, 0.15) is 27.8 Å². The molecule has 0 saturated carbocycles. The first-order valence-corrected chi connectivity index (χ1v) is 8.58. The van der Waals surface area contributed by atoms with Crippen molar-refractivity contribution in [1.82, 2.24) is 0 Å². The molecular weight excluding hydrogens is 386 g/mol. The fourth-order valence-corrected chi connectivity index (χ4v) is 2.60. The summed E-state index contributed by atoms with van der Waals surface area (Å²) >= 11 is 5.79. The summed E-state index contributed by atoms with van der Waals surface area (Å²) in [5.41, 5.74) is 0.884. The Balaban J connectivity index is 1.69. The van der Waals surface area contributed by atoms with Crippen molar-refractivity contribution in [2.24, 2.45) is 0 Å². The Bertz CT molecular complexity index is 1020. The monoisotopic (exact) mass is 399 g/mol. The first kappa shape index (κ1) is 19.3. The van der Waals surface area contributed by atoms with Crippen molar-refractivity contribution in [1.29, 1.82) is 0 Å². The molecule has 3 rings (SSSR count). The molecule has 142 valence electrons. The number of ketones is 1. The summed E-state index contributed by atoms with van der Waals surface area (Å²) in [6.07, 6.45) is -1.01. The van der Waals surface area contributed by atoms with Gasteiger partial charge in [0, 0.05) is 28.3 Å². The third kappa shape index (κ3) is 4.27. The Labute approximate surface area is 164 Å². The minimum absolute atomic E-state index is 0.0514. The summed E-state index contributed by atoms with van der Waals surface area (Å²) in [6, 6.07) is 14.9. The van der Waals surface area contributed by atoms with E-state index in [9.17, 15) is 19.7 Å². The Hall–Kier alpha value is -3.45. The summed E-state index contributed by atoms with van der Waals surface area (Å²) in [7, 11) is 0. The van der Waals surface area contributed by atoms with Gasteiger partial charge >= 0.3 is 5.97 Å². The van der Waals surface area contributed by atoms with Crippen molar-refractivity contribution in [3.05, 3.63) is 87.1 Å². The number of nitrogens with zero attached hydrogens (tertiary/aromatic N) is 1. The molecule has 1 atom stereocenters. The number of halogens is 1. The number of esters is 1. The molecule has 0 fully saturated rings. The van der Waals surface area contributed by atoms with Gasteiger partial charge in [-0.25, -0.2) is 4.79 Å². The van der Waals surface area contributed by atoms with Crippen molar-refractivity contribution in [3.63, 3.8) is 0 Å². The molecule has 0 aliphatic rings. The van der Waals surface area contributed by atoms with Crippen LogP contribution in [0.3, 0.4) is 0 Å². The van der Waals surface area contributed by atoms with E-state index in [0.29, 0.717) is 21.9 Å². The summed E-state index contributed by atoms with van der Waals surface area (Å²) in [5, 5.41) is 11.2. The van der Waals surface area contributed by atoms with Gasteiger partial charge in [-0.1, -0.05) is 11.6 Å². The first-order valence-electron chi connectivity index (χ1n) is 8.20. The average Bonchev–Trinajstić information content (AvgIpc) is 3.18. The van der Waals surface area contributed by atoms with E-state index in [2.05, 4.69) is 0 Å². The summed E-state index contributed by atoms with van der Waals surface area (Å²) in [5.74, 6) is -0.891. The van der Waals surface area contributed by atoms with Crippen molar-refractivity contribution >= 4 is 29.0 Å². The molecular formula is C20H14ClNO6. The molecule has 0 unspecified atom stereocenters. The van der Waals surface area contributed by atoms with Crippen LogP contribution in [0.5, 0.6) is 0 Å². The van der Waals surface area contributed by atoms with E-state index in [1.807, 2.05) is 0 Å². The number of furan rings is 1.